The standard InChI is InChI=1S/C28H32Cl2N2O3/c1-34-25-6-3-19(4-7-25)20-8-10-32(11-9-20)16-18-2-5-24(12-18)31-28(33)22-13-21-14-23(29)15-26(30)27(21)35-17-22/h3-4,6-7,13-15,18,20,24H,2,5,8-12,16-17H2,1H3,(H,31,33). The predicted octanol–water partition coefficient (Wildman–Crippen LogP) is 5.94. The number of ether oxygens (including phenoxy) is 2. The van der Waals surface area contributed by atoms with Gasteiger partial charge < -0.3 is 19.7 Å². The Morgan fingerprint density at radius 1 is 1.11 bits per heavy atom. The average molecular weight is 515 g/mol. The third kappa shape index (κ3) is 5.79. The van der Waals surface area contributed by atoms with Crippen LogP contribution in [0.15, 0.2) is 42.0 Å². The number of amides is 1. The molecule has 2 aliphatic heterocycles. The lowest BCUT2D eigenvalue weighted by atomic mass is 9.89. The van der Waals surface area contributed by atoms with Crippen LogP contribution < -0.4 is 14.8 Å². The van der Waals surface area contributed by atoms with Crippen molar-refractivity contribution in [3.63, 3.8) is 0 Å². The van der Waals surface area contributed by atoms with Crippen LogP contribution in [0.1, 0.15) is 49.1 Å². The van der Waals surface area contributed by atoms with E-state index < -0.39 is 0 Å². The molecule has 1 saturated heterocycles. The third-order valence-corrected chi connectivity index (χ3v) is 8.10. The first-order valence-electron chi connectivity index (χ1n) is 12.5. The molecule has 3 aliphatic rings. The van der Waals surface area contributed by atoms with Gasteiger partial charge >= 0.3 is 0 Å². The van der Waals surface area contributed by atoms with Gasteiger partial charge in [0.25, 0.3) is 5.91 Å². The Labute approximate surface area is 217 Å². The summed E-state index contributed by atoms with van der Waals surface area (Å²) in [6.07, 6.45) is 7.46. The molecule has 5 rings (SSSR count). The average Bonchev–Trinajstić information content (AvgIpc) is 3.30. The summed E-state index contributed by atoms with van der Waals surface area (Å²) in [6.45, 7) is 3.62. The molecule has 2 aromatic carbocycles. The number of piperidine rings is 1. The van der Waals surface area contributed by atoms with Crippen LogP contribution in [-0.2, 0) is 4.79 Å². The number of carbonyl (C=O) groups is 1. The van der Waals surface area contributed by atoms with Crippen molar-refractivity contribution in [2.45, 2.75) is 44.1 Å². The number of carbonyl (C=O) groups excluding carboxylic acids is 1. The van der Waals surface area contributed by atoms with E-state index >= 15 is 0 Å². The van der Waals surface area contributed by atoms with Crippen molar-refractivity contribution >= 4 is 35.2 Å². The lowest BCUT2D eigenvalue weighted by Gasteiger charge is -2.33. The Bertz CT molecular complexity index is 1090. The molecule has 2 atom stereocenters. The molecule has 0 radical (unpaired) electrons. The summed E-state index contributed by atoms with van der Waals surface area (Å²) in [6, 6.07) is 12.2. The highest BCUT2D eigenvalue weighted by atomic mass is 35.5. The van der Waals surface area contributed by atoms with Crippen LogP contribution in [0.25, 0.3) is 6.08 Å². The fraction of sp³-hybridized carbons (Fsp3) is 0.464. The van der Waals surface area contributed by atoms with Gasteiger partial charge in [-0.3, -0.25) is 4.79 Å². The number of nitrogens with zero attached hydrogens (tertiary/aromatic N) is 1. The van der Waals surface area contributed by atoms with E-state index in [1.807, 2.05) is 6.08 Å². The van der Waals surface area contributed by atoms with Gasteiger partial charge in [-0.2, -0.15) is 0 Å². The van der Waals surface area contributed by atoms with Gasteiger partial charge in [-0.1, -0.05) is 35.3 Å². The van der Waals surface area contributed by atoms with E-state index in [0.717, 1.165) is 50.2 Å². The van der Waals surface area contributed by atoms with Gasteiger partial charge in [0.05, 0.1) is 17.7 Å². The second kappa shape index (κ2) is 10.8. The molecule has 7 heteroatoms. The Morgan fingerprint density at radius 3 is 2.63 bits per heavy atom. The van der Waals surface area contributed by atoms with Gasteiger partial charge in [0.2, 0.25) is 0 Å². The molecule has 0 aromatic heterocycles. The summed E-state index contributed by atoms with van der Waals surface area (Å²) in [5.74, 6) is 2.71. The molecule has 2 fully saturated rings. The Hall–Kier alpha value is -2.21. The lowest BCUT2D eigenvalue weighted by Crippen LogP contribution is -2.38. The predicted molar refractivity (Wildman–Crippen MR) is 141 cm³/mol. The van der Waals surface area contributed by atoms with E-state index in [9.17, 15) is 4.79 Å². The number of fused-ring (bicyclic) bond motifs is 1. The van der Waals surface area contributed by atoms with Crippen LogP contribution in [0.4, 0.5) is 0 Å². The third-order valence-electron chi connectivity index (χ3n) is 7.60. The summed E-state index contributed by atoms with van der Waals surface area (Å²) in [5, 5.41) is 4.23. The van der Waals surface area contributed by atoms with E-state index in [-0.39, 0.29) is 18.6 Å². The lowest BCUT2D eigenvalue weighted by molar-refractivity contribution is -0.118. The molecule has 186 valence electrons. The summed E-state index contributed by atoms with van der Waals surface area (Å²) in [7, 11) is 1.71. The van der Waals surface area contributed by atoms with E-state index in [4.69, 9.17) is 32.7 Å². The number of nitrogens with one attached hydrogen (secondary N) is 1. The number of hydrogen-bond acceptors (Lipinski definition) is 4. The first-order chi connectivity index (χ1) is 17.0. The number of hydrogen-bond donors (Lipinski definition) is 1. The van der Waals surface area contributed by atoms with Gasteiger partial charge in [-0.15, -0.1) is 0 Å². The van der Waals surface area contributed by atoms with Gasteiger partial charge in [0.1, 0.15) is 18.1 Å². The first kappa shape index (κ1) is 24.5. The van der Waals surface area contributed by atoms with Crippen LogP contribution in [-0.4, -0.2) is 50.2 Å². The largest absolute Gasteiger partial charge is 0.497 e. The van der Waals surface area contributed by atoms with Gasteiger partial charge in [0, 0.05) is 23.2 Å². The molecule has 2 unspecified atom stereocenters. The zero-order valence-corrected chi connectivity index (χ0v) is 21.6. The van der Waals surface area contributed by atoms with Gasteiger partial charge in [-0.25, -0.2) is 0 Å². The van der Waals surface area contributed by atoms with Crippen LogP contribution in [0.2, 0.25) is 10.0 Å². The monoisotopic (exact) mass is 514 g/mol. The van der Waals surface area contributed by atoms with Crippen LogP contribution >= 0.6 is 23.2 Å². The van der Waals surface area contributed by atoms with Crippen molar-refractivity contribution < 1.29 is 14.3 Å². The normalized spacial score (nSPS) is 22.8. The summed E-state index contributed by atoms with van der Waals surface area (Å²) < 4.78 is 11.0. The number of halogens is 2. The van der Waals surface area contributed by atoms with Crippen LogP contribution in [0.3, 0.4) is 0 Å². The van der Waals surface area contributed by atoms with Crippen molar-refractivity contribution in [3.05, 3.63) is 63.1 Å². The molecule has 0 spiro atoms. The maximum atomic E-state index is 12.9. The zero-order chi connectivity index (χ0) is 24.4. The number of likely N-dealkylation sites (tertiary alicyclic amines) is 1. The Balaban J connectivity index is 1.09. The highest BCUT2D eigenvalue weighted by Crippen LogP contribution is 2.37. The molecule has 5 nitrogen and oxygen atoms in total. The van der Waals surface area contributed by atoms with Crippen molar-refractivity contribution in [3.8, 4) is 11.5 Å². The first-order valence-corrected chi connectivity index (χ1v) is 13.2. The fourth-order valence-corrected chi connectivity index (χ4v) is 6.25. The SMILES string of the molecule is COc1ccc(C2CCN(CC3CCC(NC(=O)C4=Cc5cc(Cl)cc(Cl)c5OC4)C3)CC2)cc1. The minimum absolute atomic E-state index is 0.0577. The van der Waals surface area contributed by atoms with Gasteiger partial charge in [0.15, 0.2) is 0 Å². The minimum Gasteiger partial charge on any atom is -0.497 e. The molecule has 1 amide bonds. The summed E-state index contributed by atoms with van der Waals surface area (Å²) in [4.78, 5) is 15.5. The maximum Gasteiger partial charge on any atom is 0.250 e. The summed E-state index contributed by atoms with van der Waals surface area (Å²) in [5.41, 5.74) is 2.78. The smallest absolute Gasteiger partial charge is 0.250 e. The molecule has 1 aliphatic carbocycles. The quantitative estimate of drug-likeness (QED) is 0.517. The van der Waals surface area contributed by atoms with Crippen molar-refractivity contribution in [2.24, 2.45) is 5.92 Å². The van der Waals surface area contributed by atoms with Crippen LogP contribution in [0.5, 0.6) is 11.5 Å². The Kier molecular flexibility index (Phi) is 7.56. The maximum absolute atomic E-state index is 12.9. The Morgan fingerprint density at radius 2 is 1.89 bits per heavy atom. The molecule has 2 aromatic rings. The van der Waals surface area contributed by atoms with Crippen molar-refractivity contribution in [1.29, 1.82) is 0 Å². The molecule has 35 heavy (non-hydrogen) atoms. The second-order valence-electron chi connectivity index (χ2n) is 9.96. The van der Waals surface area contributed by atoms with Crippen LogP contribution in [0, 0.1) is 5.92 Å². The van der Waals surface area contributed by atoms with Crippen molar-refractivity contribution in [2.75, 3.05) is 33.4 Å². The minimum atomic E-state index is -0.0577. The molecular weight excluding hydrogens is 483 g/mol. The topological polar surface area (TPSA) is 50.8 Å². The fourth-order valence-electron chi connectivity index (χ4n) is 5.69. The van der Waals surface area contributed by atoms with Gasteiger partial charge in [-0.05, 0) is 92.9 Å². The number of rotatable bonds is 6. The van der Waals surface area contributed by atoms with E-state index in [0.29, 0.717) is 33.2 Å². The molecule has 1 saturated carbocycles. The molecule has 0 bridgehead atoms. The number of methoxy groups -OCH3 is 1. The van der Waals surface area contributed by atoms with E-state index in [1.165, 1.54) is 18.4 Å². The van der Waals surface area contributed by atoms with Crippen molar-refractivity contribution in [1.82, 2.24) is 10.2 Å². The molecule has 2 heterocycles. The summed E-state index contributed by atoms with van der Waals surface area (Å²) >= 11 is 12.3. The molecule has 1 N–H and O–H groups in total. The van der Waals surface area contributed by atoms with E-state index in [1.54, 1.807) is 19.2 Å². The highest BCUT2D eigenvalue weighted by molar-refractivity contribution is 6.36. The van der Waals surface area contributed by atoms with E-state index in [2.05, 4.69) is 34.5 Å². The highest BCUT2D eigenvalue weighted by Gasteiger charge is 2.30. The molecular formula is C28H32Cl2N2O3. The number of benzene rings is 2. The second-order valence-corrected chi connectivity index (χ2v) is 10.8. The zero-order valence-electron chi connectivity index (χ0n) is 20.1.